The van der Waals surface area contributed by atoms with E-state index < -0.39 is 5.54 Å². The molecule has 5 heteroatoms. The molecule has 2 N–H and O–H groups in total. The van der Waals surface area contributed by atoms with Gasteiger partial charge in [-0.2, -0.15) is 0 Å². The summed E-state index contributed by atoms with van der Waals surface area (Å²) in [7, 11) is 1.76. The third-order valence-corrected chi connectivity index (χ3v) is 7.06. The van der Waals surface area contributed by atoms with Crippen LogP contribution in [0.15, 0.2) is 18.2 Å². The Bertz CT molecular complexity index is 752. The van der Waals surface area contributed by atoms with Crippen LogP contribution in [0.5, 0.6) is 0 Å². The summed E-state index contributed by atoms with van der Waals surface area (Å²) in [6.07, 6.45) is 9.31. The van der Waals surface area contributed by atoms with Gasteiger partial charge in [-0.15, -0.1) is 0 Å². The van der Waals surface area contributed by atoms with Crippen molar-refractivity contribution < 1.29 is 14.3 Å². The Morgan fingerprint density at radius 3 is 2.59 bits per heavy atom. The van der Waals surface area contributed by atoms with Crippen LogP contribution in [-0.4, -0.2) is 25.2 Å². The van der Waals surface area contributed by atoms with E-state index in [-0.39, 0.29) is 23.5 Å². The highest BCUT2D eigenvalue weighted by Gasteiger charge is 2.66. The normalized spacial score (nSPS) is 32.0. The maximum absolute atomic E-state index is 13.1. The molecule has 0 radical (unpaired) electrons. The van der Waals surface area contributed by atoms with Crippen LogP contribution in [0, 0.1) is 5.41 Å². The molecule has 146 valence electrons. The number of hydrogen-bond acceptors (Lipinski definition) is 3. The van der Waals surface area contributed by atoms with Crippen molar-refractivity contribution in [2.24, 2.45) is 5.41 Å². The van der Waals surface area contributed by atoms with Crippen LogP contribution >= 0.6 is 0 Å². The van der Waals surface area contributed by atoms with Gasteiger partial charge in [0.25, 0.3) is 5.91 Å². The summed E-state index contributed by atoms with van der Waals surface area (Å²) in [6.45, 7) is 2.20. The van der Waals surface area contributed by atoms with Crippen LogP contribution in [-0.2, 0) is 27.9 Å². The van der Waals surface area contributed by atoms with Crippen molar-refractivity contribution in [3.05, 3.63) is 34.9 Å². The van der Waals surface area contributed by atoms with Gasteiger partial charge in [-0.05, 0) is 61.6 Å². The maximum Gasteiger partial charge on any atom is 0.322 e. The van der Waals surface area contributed by atoms with Gasteiger partial charge in [0.1, 0.15) is 0 Å². The molecule has 3 amide bonds. The van der Waals surface area contributed by atoms with Gasteiger partial charge in [0, 0.05) is 12.5 Å². The van der Waals surface area contributed by atoms with Crippen molar-refractivity contribution in [3.63, 3.8) is 0 Å². The van der Waals surface area contributed by atoms with Crippen LogP contribution in [0.4, 0.5) is 4.79 Å². The molecule has 1 unspecified atom stereocenters. The van der Waals surface area contributed by atoms with Crippen LogP contribution in [0.2, 0.25) is 0 Å². The standard InChI is InChI=1S/C22H30N2O3/c1-3-4-5-6-15-7-8-16-14-21(11-9-17(27-2)10-12-21)22(18(16)13-15)19(25)23-20(26)24-22/h7-8,13,17H,3-6,9-12,14H2,1-2H3,(H2,23,24,25,26)/t17-,21-,22?. The average molecular weight is 370 g/mol. The summed E-state index contributed by atoms with van der Waals surface area (Å²) in [5, 5.41) is 5.62. The fraction of sp³-hybridized carbons (Fsp3) is 0.636. The van der Waals surface area contributed by atoms with Crippen molar-refractivity contribution in [2.75, 3.05) is 7.11 Å². The van der Waals surface area contributed by atoms with Crippen molar-refractivity contribution in [1.82, 2.24) is 10.6 Å². The minimum atomic E-state index is -0.918. The number of carbonyl (C=O) groups is 2. The summed E-state index contributed by atoms with van der Waals surface area (Å²) >= 11 is 0. The number of rotatable bonds is 5. The molecule has 1 atom stereocenters. The maximum atomic E-state index is 13.1. The Balaban J connectivity index is 1.73. The minimum absolute atomic E-state index is 0.173. The van der Waals surface area contributed by atoms with E-state index in [0.717, 1.165) is 50.5 Å². The number of methoxy groups -OCH3 is 1. The van der Waals surface area contributed by atoms with E-state index in [9.17, 15) is 9.59 Å². The first-order valence-electron chi connectivity index (χ1n) is 10.3. The van der Waals surface area contributed by atoms with Crippen molar-refractivity contribution in [1.29, 1.82) is 0 Å². The Hall–Kier alpha value is -1.88. The largest absolute Gasteiger partial charge is 0.381 e. The Labute approximate surface area is 161 Å². The van der Waals surface area contributed by atoms with Gasteiger partial charge in [-0.1, -0.05) is 38.0 Å². The summed E-state index contributed by atoms with van der Waals surface area (Å²) in [5.74, 6) is -0.173. The molecule has 5 nitrogen and oxygen atoms in total. The fourth-order valence-electron chi connectivity index (χ4n) is 5.59. The second-order valence-electron chi connectivity index (χ2n) is 8.50. The lowest BCUT2D eigenvalue weighted by atomic mass is 9.61. The number of ether oxygens (including phenoxy) is 1. The van der Waals surface area contributed by atoms with Crippen LogP contribution in [0.3, 0.4) is 0 Å². The van der Waals surface area contributed by atoms with Gasteiger partial charge >= 0.3 is 6.03 Å². The fourth-order valence-corrected chi connectivity index (χ4v) is 5.59. The molecule has 1 aromatic rings. The summed E-state index contributed by atoms with van der Waals surface area (Å²) in [4.78, 5) is 25.3. The first-order chi connectivity index (χ1) is 13.0. The highest BCUT2D eigenvalue weighted by atomic mass is 16.5. The number of imide groups is 1. The number of amides is 3. The Morgan fingerprint density at radius 2 is 1.96 bits per heavy atom. The second kappa shape index (κ2) is 6.93. The van der Waals surface area contributed by atoms with Gasteiger partial charge in [-0.3, -0.25) is 10.1 Å². The lowest BCUT2D eigenvalue weighted by molar-refractivity contribution is -0.131. The van der Waals surface area contributed by atoms with Crippen LogP contribution in [0.25, 0.3) is 0 Å². The topological polar surface area (TPSA) is 67.4 Å². The van der Waals surface area contributed by atoms with Crippen molar-refractivity contribution >= 4 is 11.9 Å². The highest BCUT2D eigenvalue weighted by Crippen LogP contribution is 2.59. The van der Waals surface area contributed by atoms with Gasteiger partial charge in [0.05, 0.1) is 6.10 Å². The van der Waals surface area contributed by atoms with Crippen molar-refractivity contribution in [2.45, 2.75) is 76.4 Å². The van der Waals surface area contributed by atoms with E-state index in [0.29, 0.717) is 0 Å². The monoisotopic (exact) mass is 370 g/mol. The third-order valence-electron chi connectivity index (χ3n) is 7.06. The zero-order valence-electron chi connectivity index (χ0n) is 16.4. The van der Waals surface area contributed by atoms with Gasteiger partial charge < -0.3 is 10.1 Å². The first-order valence-corrected chi connectivity index (χ1v) is 10.3. The molecule has 1 aromatic carbocycles. The van der Waals surface area contributed by atoms with E-state index in [1.165, 1.54) is 24.0 Å². The number of nitrogens with one attached hydrogen (secondary N) is 2. The number of fused-ring (bicyclic) bond motifs is 3. The van der Waals surface area contributed by atoms with Crippen LogP contribution in [0.1, 0.15) is 68.6 Å². The van der Waals surface area contributed by atoms with Crippen molar-refractivity contribution in [3.8, 4) is 0 Å². The molecule has 0 aromatic heterocycles. The number of aryl methyl sites for hydroxylation is 1. The zero-order chi connectivity index (χ0) is 19.1. The lowest BCUT2D eigenvalue weighted by Crippen LogP contribution is -2.56. The second-order valence-corrected chi connectivity index (χ2v) is 8.50. The molecule has 4 rings (SSSR count). The molecule has 1 aliphatic heterocycles. The summed E-state index contributed by atoms with van der Waals surface area (Å²) in [5.41, 5.74) is 2.33. The molecule has 2 fully saturated rings. The molecule has 0 bridgehead atoms. The highest BCUT2D eigenvalue weighted by molar-refractivity contribution is 6.08. The molecular formula is C22H30N2O3. The number of carbonyl (C=O) groups excluding carboxylic acids is 2. The molecule has 1 saturated heterocycles. The zero-order valence-corrected chi connectivity index (χ0v) is 16.4. The summed E-state index contributed by atoms with van der Waals surface area (Å²) in [6, 6.07) is 6.22. The van der Waals surface area contributed by atoms with E-state index in [2.05, 4.69) is 35.8 Å². The predicted octanol–water partition coefficient (Wildman–Crippen LogP) is 3.59. The lowest BCUT2D eigenvalue weighted by Gasteiger charge is -2.46. The number of unbranched alkanes of at least 4 members (excludes halogenated alkanes) is 2. The Morgan fingerprint density at radius 1 is 1.19 bits per heavy atom. The summed E-state index contributed by atoms with van der Waals surface area (Å²) < 4.78 is 5.56. The molecule has 2 aliphatic carbocycles. The van der Waals surface area contributed by atoms with Gasteiger partial charge in [0.2, 0.25) is 0 Å². The van der Waals surface area contributed by atoms with Crippen LogP contribution < -0.4 is 10.6 Å². The predicted molar refractivity (Wildman–Crippen MR) is 103 cm³/mol. The van der Waals surface area contributed by atoms with E-state index >= 15 is 0 Å². The van der Waals surface area contributed by atoms with E-state index in [1.54, 1.807) is 7.11 Å². The SMILES string of the molecule is CCCCCc1ccc2c(c1)C1(NC(=O)NC1=O)[C@]1(CC[C@H](OC)CC1)C2. The van der Waals surface area contributed by atoms with Gasteiger partial charge in [0.15, 0.2) is 5.54 Å². The minimum Gasteiger partial charge on any atom is -0.381 e. The number of benzene rings is 1. The third kappa shape index (κ3) is 2.78. The molecule has 2 spiro atoms. The number of urea groups is 1. The van der Waals surface area contributed by atoms with E-state index in [1.807, 2.05) is 0 Å². The molecule has 27 heavy (non-hydrogen) atoms. The average Bonchev–Trinajstić information content (AvgIpc) is 3.11. The molecule has 3 aliphatic rings. The first kappa shape index (κ1) is 18.5. The molecule has 1 saturated carbocycles. The molecular weight excluding hydrogens is 340 g/mol. The molecule has 1 heterocycles. The van der Waals surface area contributed by atoms with Gasteiger partial charge in [-0.25, -0.2) is 4.79 Å². The Kier molecular flexibility index (Phi) is 4.75. The van der Waals surface area contributed by atoms with E-state index in [4.69, 9.17) is 4.74 Å². The number of hydrogen-bond donors (Lipinski definition) is 2. The quantitative estimate of drug-likeness (QED) is 0.615. The smallest absolute Gasteiger partial charge is 0.322 e.